The fourth-order valence-electron chi connectivity index (χ4n) is 1.52. The number of aliphatic carboxylic acids is 1. The van der Waals surface area contributed by atoms with Crippen molar-refractivity contribution in [1.29, 1.82) is 0 Å². The highest BCUT2D eigenvalue weighted by Gasteiger charge is 2.22. The van der Waals surface area contributed by atoms with Crippen LogP contribution in [0.5, 0.6) is 0 Å². The Balaban J connectivity index is 0. The van der Waals surface area contributed by atoms with Crippen LogP contribution in [-0.2, 0) is 14.4 Å². The summed E-state index contributed by atoms with van der Waals surface area (Å²) < 4.78 is 0.844. The number of carboxylic acids is 1. The lowest BCUT2D eigenvalue weighted by Crippen LogP contribution is -2.52. The van der Waals surface area contributed by atoms with Crippen LogP contribution in [0.3, 0.4) is 0 Å². The van der Waals surface area contributed by atoms with Gasteiger partial charge in [-0.15, -0.1) is 8.58 Å². The minimum Gasteiger partial charge on any atom is -0.480 e. The summed E-state index contributed by atoms with van der Waals surface area (Å²) in [6, 6.07) is -2.45. The second-order valence-electron chi connectivity index (χ2n) is 7.04. The van der Waals surface area contributed by atoms with Crippen molar-refractivity contribution in [3.63, 3.8) is 0 Å². The highest BCUT2D eigenvalue weighted by Crippen LogP contribution is 2.05. The zero-order valence-corrected chi connectivity index (χ0v) is 17.7. The predicted octanol–water partition coefficient (Wildman–Crippen LogP) is -1.21. The van der Waals surface area contributed by atoms with Crippen molar-refractivity contribution in [1.82, 2.24) is 10.6 Å². The van der Waals surface area contributed by atoms with E-state index in [1.165, 1.54) is 13.8 Å². The van der Waals surface area contributed by atoms with E-state index >= 15 is 0 Å². The molecular formula is C16H36N4O5P+. The van der Waals surface area contributed by atoms with E-state index in [4.69, 9.17) is 15.9 Å². The number of rotatable bonds is 10. The van der Waals surface area contributed by atoms with E-state index in [0.29, 0.717) is 6.42 Å². The molecule has 0 heterocycles. The van der Waals surface area contributed by atoms with Gasteiger partial charge in [-0.05, 0) is 33.1 Å². The summed E-state index contributed by atoms with van der Waals surface area (Å²) >= 11 is 0. The average molecular weight is 395 g/mol. The first-order valence-electron chi connectivity index (χ1n) is 8.50. The number of carbonyl (C=O) groups is 3. The molecule has 2 amide bonds. The van der Waals surface area contributed by atoms with Gasteiger partial charge in [0.15, 0.2) is 0 Å². The van der Waals surface area contributed by atoms with Crippen LogP contribution in [-0.4, -0.2) is 97.7 Å². The van der Waals surface area contributed by atoms with Gasteiger partial charge >= 0.3 is 5.97 Å². The number of hydrogen-bond acceptors (Lipinski definition) is 5. The van der Waals surface area contributed by atoms with Gasteiger partial charge < -0.3 is 31.1 Å². The molecule has 0 fully saturated rings. The first-order valence-corrected chi connectivity index (χ1v) is 10.2. The van der Waals surface area contributed by atoms with E-state index in [1.807, 2.05) is 6.66 Å². The van der Waals surface area contributed by atoms with E-state index in [0.717, 1.165) is 25.8 Å². The molecule has 0 aliphatic rings. The molecule has 0 saturated carbocycles. The second-order valence-corrected chi connectivity index (χ2v) is 8.24. The molecule has 0 aliphatic carbocycles. The number of quaternary nitrogens is 1. The number of hydrogen-bond donors (Lipinski definition) is 5. The number of likely N-dealkylation sites (N-methyl/N-ethyl adjacent to an activating group) is 1. The van der Waals surface area contributed by atoms with Crippen molar-refractivity contribution >= 4 is 26.4 Å². The Labute approximate surface area is 158 Å². The van der Waals surface area contributed by atoms with Crippen LogP contribution >= 0.6 is 8.58 Å². The Morgan fingerprint density at radius 1 is 1.08 bits per heavy atom. The summed E-state index contributed by atoms with van der Waals surface area (Å²) in [7, 11) is 6.88. The molecule has 4 atom stereocenters. The predicted molar refractivity (Wildman–Crippen MR) is 105 cm³/mol. The molecule has 0 aromatic rings. The van der Waals surface area contributed by atoms with Gasteiger partial charge in [0.1, 0.15) is 18.6 Å². The molecule has 6 N–H and O–H groups in total. The molecule has 9 nitrogen and oxygen atoms in total. The summed E-state index contributed by atoms with van der Waals surface area (Å²) in [6.07, 6.45) is 1.44. The summed E-state index contributed by atoms with van der Waals surface area (Å²) in [5, 5.41) is 21.8. The first kappa shape index (κ1) is 26.9. The number of nitrogens with one attached hydrogen (secondary N) is 2. The standard InChI is InChI=1S/C11H22N3O4P.C5H14NO/c1-6(9(15)14-7(2)11(17)18)13-10(16)8(12)4-5-19-3;1-6(2,3)4-5-7/h6-8,19H,4-5,12H2,1-3H3,(H,13,16)(H,14,15)(H,17,18);7H,4-5H2,1-3H3/q;+1/t6-,7-,8?;/m0./s1. The molecule has 0 radical (unpaired) electrons. The molecule has 154 valence electrons. The van der Waals surface area contributed by atoms with Crippen LogP contribution in [0.4, 0.5) is 0 Å². The number of aliphatic hydroxyl groups excluding tert-OH is 1. The lowest BCUT2D eigenvalue weighted by Gasteiger charge is -2.21. The van der Waals surface area contributed by atoms with Gasteiger partial charge in [0.25, 0.3) is 0 Å². The molecule has 0 rings (SSSR count). The third-order valence-corrected chi connectivity index (χ3v) is 4.08. The van der Waals surface area contributed by atoms with Gasteiger partial charge in [0.2, 0.25) is 11.8 Å². The number of amides is 2. The number of carbonyl (C=O) groups excluding carboxylic acids is 2. The quantitative estimate of drug-likeness (QED) is 0.232. The van der Waals surface area contributed by atoms with Crippen LogP contribution in [0.25, 0.3) is 0 Å². The van der Waals surface area contributed by atoms with Crippen molar-refractivity contribution in [3.05, 3.63) is 0 Å². The zero-order valence-electron chi connectivity index (χ0n) is 16.7. The SMILES string of the molecule is CPCCC(N)C(=O)N[C@@H](C)C(=O)N[C@@H](C)C(=O)O.C[N+](C)(C)CCO. The number of nitrogens with zero attached hydrogens (tertiary/aromatic N) is 1. The van der Waals surface area contributed by atoms with Gasteiger partial charge in [-0.1, -0.05) is 0 Å². The largest absolute Gasteiger partial charge is 0.480 e. The maximum Gasteiger partial charge on any atom is 0.325 e. The molecule has 0 aromatic heterocycles. The Morgan fingerprint density at radius 2 is 1.58 bits per heavy atom. The topological polar surface area (TPSA) is 142 Å². The smallest absolute Gasteiger partial charge is 0.325 e. The minimum atomic E-state index is -1.13. The van der Waals surface area contributed by atoms with Crippen LogP contribution in [0.2, 0.25) is 0 Å². The molecule has 0 saturated heterocycles. The van der Waals surface area contributed by atoms with E-state index in [1.54, 1.807) is 0 Å². The summed E-state index contributed by atoms with van der Waals surface area (Å²) in [4.78, 5) is 33.8. The Morgan fingerprint density at radius 3 is 1.92 bits per heavy atom. The third kappa shape index (κ3) is 15.0. The average Bonchev–Trinajstić information content (AvgIpc) is 2.51. The molecule has 10 heteroatoms. The first-order chi connectivity index (χ1) is 11.9. The molecule has 0 aromatic carbocycles. The molecule has 0 aliphatic heterocycles. The van der Waals surface area contributed by atoms with E-state index in [2.05, 4.69) is 31.8 Å². The van der Waals surface area contributed by atoms with Crippen molar-refractivity contribution in [3.8, 4) is 0 Å². The minimum absolute atomic E-state index is 0.281. The fourth-order valence-corrected chi connectivity index (χ4v) is 2.12. The van der Waals surface area contributed by atoms with Crippen molar-refractivity contribution in [2.75, 3.05) is 47.1 Å². The number of aliphatic hydroxyl groups is 1. The van der Waals surface area contributed by atoms with Crippen molar-refractivity contribution < 1.29 is 29.1 Å². The third-order valence-electron chi connectivity index (χ3n) is 3.29. The lowest BCUT2D eigenvalue weighted by molar-refractivity contribution is -0.870. The van der Waals surface area contributed by atoms with E-state index in [9.17, 15) is 14.4 Å². The van der Waals surface area contributed by atoms with Gasteiger partial charge in [0, 0.05) is 0 Å². The van der Waals surface area contributed by atoms with Crippen LogP contribution in [0, 0.1) is 0 Å². The lowest BCUT2D eigenvalue weighted by atomic mass is 10.2. The molecule has 2 unspecified atom stereocenters. The maximum absolute atomic E-state index is 11.7. The summed E-state index contributed by atoms with van der Waals surface area (Å²) in [5.41, 5.74) is 5.67. The van der Waals surface area contributed by atoms with Crippen LogP contribution < -0.4 is 16.4 Å². The summed E-state index contributed by atoms with van der Waals surface area (Å²) in [5.74, 6) is -2.08. The number of carboxylic acid groups (broad SMARTS) is 1. The fraction of sp³-hybridized carbons (Fsp3) is 0.812. The van der Waals surface area contributed by atoms with E-state index < -0.39 is 35.9 Å². The molecule has 0 bridgehead atoms. The Bertz CT molecular complexity index is 443. The highest BCUT2D eigenvalue weighted by molar-refractivity contribution is 7.36. The zero-order chi connectivity index (χ0) is 20.9. The van der Waals surface area contributed by atoms with Gasteiger partial charge in [0.05, 0.1) is 33.8 Å². The monoisotopic (exact) mass is 395 g/mol. The maximum atomic E-state index is 11.7. The highest BCUT2D eigenvalue weighted by atomic mass is 31.1. The van der Waals surface area contributed by atoms with Gasteiger partial charge in [-0.2, -0.15) is 0 Å². The Hall–Kier alpha value is -1.28. The van der Waals surface area contributed by atoms with Crippen molar-refractivity contribution in [2.24, 2.45) is 5.73 Å². The molecule has 0 spiro atoms. The molecular weight excluding hydrogens is 359 g/mol. The van der Waals surface area contributed by atoms with Gasteiger partial charge in [-0.3, -0.25) is 14.4 Å². The Kier molecular flexibility index (Phi) is 14.4. The number of nitrogens with two attached hydrogens (primary N) is 1. The van der Waals surface area contributed by atoms with Crippen LogP contribution in [0.15, 0.2) is 0 Å². The second kappa shape index (κ2) is 13.9. The summed E-state index contributed by atoms with van der Waals surface area (Å²) in [6.45, 7) is 5.97. The van der Waals surface area contributed by atoms with E-state index in [-0.39, 0.29) is 6.61 Å². The van der Waals surface area contributed by atoms with Crippen molar-refractivity contribution in [2.45, 2.75) is 38.4 Å². The van der Waals surface area contributed by atoms with Crippen LogP contribution in [0.1, 0.15) is 20.3 Å². The molecule has 26 heavy (non-hydrogen) atoms. The normalized spacial score (nSPS) is 14.8. The van der Waals surface area contributed by atoms with Gasteiger partial charge in [-0.25, -0.2) is 0 Å².